The minimum absolute atomic E-state index is 0.200. The summed E-state index contributed by atoms with van der Waals surface area (Å²) in [5, 5.41) is 2.53. The molecule has 0 rings (SSSR count). The van der Waals surface area contributed by atoms with Crippen molar-refractivity contribution in [2.45, 2.75) is 46.6 Å². The van der Waals surface area contributed by atoms with E-state index in [1.54, 1.807) is 6.92 Å². The van der Waals surface area contributed by atoms with E-state index in [0.29, 0.717) is 6.42 Å². The van der Waals surface area contributed by atoms with Crippen LogP contribution in [-0.2, 0) is 19.1 Å². The predicted octanol–water partition coefficient (Wildman–Crippen LogP) is 1.06. The van der Waals surface area contributed by atoms with Crippen molar-refractivity contribution < 1.29 is 19.1 Å². The van der Waals surface area contributed by atoms with Crippen molar-refractivity contribution in [1.82, 2.24) is 5.32 Å². The van der Waals surface area contributed by atoms with Crippen molar-refractivity contribution in [3.05, 3.63) is 0 Å². The van der Waals surface area contributed by atoms with Gasteiger partial charge in [0, 0.05) is 0 Å². The van der Waals surface area contributed by atoms with E-state index in [4.69, 9.17) is 4.74 Å². The topological polar surface area (TPSA) is 72.5 Å². The first-order valence-electron chi connectivity index (χ1n) is 5.82. The van der Waals surface area contributed by atoms with E-state index in [9.17, 15) is 14.4 Å². The maximum atomic E-state index is 11.6. The molecule has 0 aromatic heterocycles. The van der Waals surface area contributed by atoms with Gasteiger partial charge in [-0.1, -0.05) is 13.8 Å². The van der Waals surface area contributed by atoms with Gasteiger partial charge in [-0.3, -0.25) is 9.59 Å². The molecule has 0 heterocycles. The van der Waals surface area contributed by atoms with Crippen LogP contribution in [-0.4, -0.2) is 30.3 Å². The first kappa shape index (κ1) is 15.6. The average Bonchev–Trinajstić information content (AvgIpc) is 2.14. The van der Waals surface area contributed by atoms with Gasteiger partial charge in [-0.05, 0) is 26.2 Å². The summed E-state index contributed by atoms with van der Waals surface area (Å²) in [7, 11) is 0. The highest BCUT2D eigenvalue weighted by Gasteiger charge is 2.23. The Morgan fingerprint density at radius 2 is 1.82 bits per heavy atom. The van der Waals surface area contributed by atoms with E-state index >= 15 is 0 Å². The Labute approximate surface area is 102 Å². The molecule has 0 fully saturated rings. The molecule has 98 valence electrons. The highest BCUT2D eigenvalue weighted by molar-refractivity contribution is 5.98. The van der Waals surface area contributed by atoms with Crippen LogP contribution >= 0.6 is 0 Å². The highest BCUT2D eigenvalue weighted by Crippen LogP contribution is 2.06. The minimum Gasteiger partial charge on any atom is -0.464 e. The lowest BCUT2D eigenvalue weighted by molar-refractivity contribution is -0.148. The number of rotatable bonds is 7. The van der Waals surface area contributed by atoms with Crippen molar-refractivity contribution in [3.8, 4) is 0 Å². The summed E-state index contributed by atoms with van der Waals surface area (Å²) in [6, 6.07) is -0.665. The monoisotopic (exact) mass is 243 g/mol. The molecule has 1 N–H and O–H groups in total. The molecular weight excluding hydrogens is 222 g/mol. The number of nitrogens with one attached hydrogen (secondary N) is 1. The molecule has 0 aliphatic carbocycles. The first-order valence-corrected chi connectivity index (χ1v) is 5.82. The summed E-state index contributed by atoms with van der Waals surface area (Å²) in [5.41, 5.74) is 0. The van der Waals surface area contributed by atoms with Crippen LogP contribution in [0.3, 0.4) is 0 Å². The third-order valence-electron chi connectivity index (χ3n) is 2.02. The van der Waals surface area contributed by atoms with Crippen LogP contribution < -0.4 is 5.32 Å². The number of carbonyl (C=O) groups is 3. The lowest BCUT2D eigenvalue weighted by atomic mass is 10.0. The third-order valence-corrected chi connectivity index (χ3v) is 2.02. The fourth-order valence-electron chi connectivity index (χ4n) is 1.40. The van der Waals surface area contributed by atoms with Gasteiger partial charge in [0.15, 0.2) is 0 Å². The van der Waals surface area contributed by atoms with Crippen molar-refractivity contribution >= 4 is 17.7 Å². The Morgan fingerprint density at radius 1 is 1.24 bits per heavy atom. The number of hydrogen-bond donors (Lipinski definition) is 1. The summed E-state index contributed by atoms with van der Waals surface area (Å²) in [5.74, 6) is -0.856. The minimum atomic E-state index is -0.665. The molecule has 0 aliphatic rings. The van der Waals surface area contributed by atoms with Crippen molar-refractivity contribution in [1.29, 1.82) is 0 Å². The largest absolute Gasteiger partial charge is 0.464 e. The van der Waals surface area contributed by atoms with E-state index in [1.807, 2.05) is 13.8 Å². The molecule has 0 radical (unpaired) electrons. The molecule has 5 nitrogen and oxygen atoms in total. The second-order valence-corrected chi connectivity index (χ2v) is 4.38. The molecule has 0 saturated carbocycles. The Bertz CT molecular complexity index is 286. The number of ether oxygens (including phenoxy) is 1. The zero-order chi connectivity index (χ0) is 13.4. The number of ketones is 1. The maximum absolute atomic E-state index is 11.6. The lowest BCUT2D eigenvalue weighted by Gasteiger charge is -2.18. The molecule has 0 saturated heterocycles. The van der Waals surface area contributed by atoms with Crippen LogP contribution in [0.25, 0.3) is 0 Å². The molecule has 1 atom stereocenters. The molecular formula is C12H21NO4. The number of amides is 1. The van der Waals surface area contributed by atoms with E-state index < -0.39 is 17.9 Å². The quantitative estimate of drug-likeness (QED) is 0.536. The number of esters is 1. The third kappa shape index (κ3) is 7.49. The standard InChI is InChI=1S/C12H21NO4/c1-5-17-12(16)10(6-8(2)3)13-11(15)7-9(4)14/h8,10H,5-7H2,1-4H3,(H,13,15). The lowest BCUT2D eigenvalue weighted by Crippen LogP contribution is -2.43. The van der Waals surface area contributed by atoms with E-state index in [-0.39, 0.29) is 24.7 Å². The van der Waals surface area contributed by atoms with E-state index in [2.05, 4.69) is 5.32 Å². The number of hydrogen-bond acceptors (Lipinski definition) is 4. The molecule has 0 spiro atoms. The van der Waals surface area contributed by atoms with Crippen LogP contribution in [0.15, 0.2) is 0 Å². The zero-order valence-electron chi connectivity index (χ0n) is 10.9. The van der Waals surface area contributed by atoms with Crippen LogP contribution in [0.4, 0.5) is 0 Å². The molecule has 5 heteroatoms. The summed E-state index contributed by atoms with van der Waals surface area (Å²) in [6.07, 6.45) is 0.302. The molecule has 0 aromatic rings. The van der Waals surface area contributed by atoms with Crippen LogP contribution in [0.2, 0.25) is 0 Å². The second kappa shape index (κ2) is 7.81. The van der Waals surface area contributed by atoms with Gasteiger partial charge in [0.1, 0.15) is 11.8 Å². The average molecular weight is 243 g/mol. The van der Waals surface area contributed by atoms with Crippen molar-refractivity contribution in [2.75, 3.05) is 6.61 Å². The fourth-order valence-corrected chi connectivity index (χ4v) is 1.40. The van der Waals surface area contributed by atoms with E-state index in [0.717, 1.165) is 0 Å². The fraction of sp³-hybridized carbons (Fsp3) is 0.750. The molecule has 0 aromatic carbocycles. The highest BCUT2D eigenvalue weighted by atomic mass is 16.5. The van der Waals surface area contributed by atoms with Gasteiger partial charge in [-0.25, -0.2) is 4.79 Å². The van der Waals surface area contributed by atoms with Gasteiger partial charge in [0.25, 0.3) is 0 Å². The van der Waals surface area contributed by atoms with Gasteiger partial charge in [0.05, 0.1) is 13.0 Å². The summed E-state index contributed by atoms with van der Waals surface area (Å²) in [4.78, 5) is 33.8. The zero-order valence-corrected chi connectivity index (χ0v) is 10.9. The van der Waals surface area contributed by atoms with Gasteiger partial charge >= 0.3 is 5.97 Å². The van der Waals surface area contributed by atoms with Gasteiger partial charge in [-0.15, -0.1) is 0 Å². The second-order valence-electron chi connectivity index (χ2n) is 4.38. The summed E-state index contributed by atoms with van der Waals surface area (Å²) < 4.78 is 4.87. The van der Waals surface area contributed by atoms with Crippen LogP contribution in [0, 0.1) is 5.92 Å². The molecule has 0 bridgehead atoms. The number of carbonyl (C=O) groups excluding carboxylic acids is 3. The Balaban J connectivity index is 4.42. The van der Waals surface area contributed by atoms with Gasteiger partial charge < -0.3 is 10.1 Å². The summed E-state index contributed by atoms with van der Waals surface area (Å²) in [6.45, 7) is 7.21. The van der Waals surface area contributed by atoms with Crippen LogP contribution in [0.1, 0.15) is 40.5 Å². The maximum Gasteiger partial charge on any atom is 0.328 e. The molecule has 17 heavy (non-hydrogen) atoms. The van der Waals surface area contributed by atoms with Crippen molar-refractivity contribution in [3.63, 3.8) is 0 Å². The SMILES string of the molecule is CCOC(=O)C(CC(C)C)NC(=O)CC(C)=O. The van der Waals surface area contributed by atoms with Crippen LogP contribution in [0.5, 0.6) is 0 Å². The Hall–Kier alpha value is -1.39. The predicted molar refractivity (Wildman–Crippen MR) is 63.3 cm³/mol. The number of Topliss-reactive ketones (excluding diaryl/α,β-unsaturated/α-hetero) is 1. The smallest absolute Gasteiger partial charge is 0.328 e. The van der Waals surface area contributed by atoms with Crippen molar-refractivity contribution in [2.24, 2.45) is 5.92 Å². The van der Waals surface area contributed by atoms with Gasteiger partial charge in [-0.2, -0.15) is 0 Å². The Kier molecular flexibility index (Phi) is 7.18. The normalized spacial score (nSPS) is 12.1. The Morgan fingerprint density at radius 3 is 2.24 bits per heavy atom. The summed E-state index contributed by atoms with van der Waals surface area (Å²) >= 11 is 0. The first-order chi connectivity index (χ1) is 7.86. The van der Waals surface area contributed by atoms with E-state index in [1.165, 1.54) is 6.92 Å². The van der Waals surface area contributed by atoms with Gasteiger partial charge in [0.2, 0.25) is 5.91 Å². The molecule has 1 unspecified atom stereocenters. The molecule has 0 aliphatic heterocycles. The molecule has 1 amide bonds.